The summed E-state index contributed by atoms with van der Waals surface area (Å²) in [6.45, 7) is 0. The van der Waals surface area contributed by atoms with Gasteiger partial charge < -0.3 is 28.4 Å². The number of hydrogen-bond acceptors (Lipinski definition) is 8. The van der Waals surface area contributed by atoms with Crippen molar-refractivity contribution in [2.45, 2.75) is 21.7 Å². The minimum Gasteiger partial charge on any atom is -0.379 e. The van der Waals surface area contributed by atoms with Crippen LogP contribution in [-0.4, -0.2) is 84.8 Å². The van der Waals surface area contributed by atoms with E-state index in [4.69, 9.17) is 28.4 Å². The van der Waals surface area contributed by atoms with Gasteiger partial charge in [0.15, 0.2) is 0 Å². The highest BCUT2D eigenvalue weighted by Crippen LogP contribution is 2.48. The molecule has 0 spiro atoms. The van der Waals surface area contributed by atoms with Gasteiger partial charge in [0, 0.05) is 63.1 Å². The lowest BCUT2D eigenvalue weighted by Gasteiger charge is -2.39. The van der Waals surface area contributed by atoms with Crippen LogP contribution in [0.15, 0.2) is 0 Å². The monoisotopic (exact) mass is 362 g/mol. The zero-order valence-electron chi connectivity index (χ0n) is 13.4. The first-order chi connectivity index (χ1) is 9.41. The lowest BCUT2D eigenvalue weighted by molar-refractivity contribution is -0.180. The van der Waals surface area contributed by atoms with Crippen LogP contribution in [0, 0.1) is 0 Å². The third-order valence-electron chi connectivity index (χ3n) is 3.11. The van der Waals surface area contributed by atoms with Crippen molar-refractivity contribution < 1.29 is 28.4 Å². The van der Waals surface area contributed by atoms with Gasteiger partial charge in [-0.1, -0.05) is 0 Å². The van der Waals surface area contributed by atoms with Crippen molar-refractivity contribution in [2.24, 2.45) is 0 Å². The molecule has 20 heavy (non-hydrogen) atoms. The summed E-state index contributed by atoms with van der Waals surface area (Å²) in [7, 11) is 13.9. The normalized spacial score (nSPS) is 16.5. The van der Waals surface area contributed by atoms with Gasteiger partial charge in [-0.05, 0) is 21.6 Å². The van der Waals surface area contributed by atoms with E-state index >= 15 is 0 Å². The Morgan fingerprint density at radius 1 is 0.650 bits per heavy atom. The second-order valence-corrected chi connectivity index (χ2v) is 8.52. The van der Waals surface area contributed by atoms with Crippen molar-refractivity contribution in [3.63, 3.8) is 0 Å². The topological polar surface area (TPSA) is 55.4 Å². The molecular weight excluding hydrogens is 336 g/mol. The first kappa shape index (κ1) is 20.9. The van der Waals surface area contributed by atoms with Crippen LogP contribution in [0.1, 0.15) is 0 Å². The lowest BCUT2D eigenvalue weighted by atomic mass is 10.6. The fraction of sp³-hybridized carbons (Fsp3) is 1.00. The minimum atomic E-state index is -0.900. The third kappa shape index (κ3) is 4.70. The molecule has 0 aliphatic heterocycles. The van der Waals surface area contributed by atoms with E-state index in [-0.39, 0.29) is 11.5 Å². The Morgan fingerprint density at radius 2 is 0.900 bits per heavy atom. The summed E-state index contributed by atoms with van der Waals surface area (Å²) in [5, 5.41) is -1.80. The maximum atomic E-state index is 5.53. The van der Waals surface area contributed by atoms with Crippen LogP contribution in [0.5, 0.6) is 0 Å². The third-order valence-corrected chi connectivity index (χ3v) is 9.94. The Labute approximate surface area is 135 Å². The van der Waals surface area contributed by atoms with E-state index in [1.807, 2.05) is 0 Å². The molecule has 0 aliphatic rings. The Bertz CT molecular complexity index is 240. The maximum Gasteiger partial charge on any atom is 0.250 e. The van der Waals surface area contributed by atoms with Crippen LogP contribution in [0.3, 0.4) is 0 Å². The van der Waals surface area contributed by atoms with E-state index in [2.05, 4.69) is 0 Å². The molecule has 2 unspecified atom stereocenters. The first-order valence-electron chi connectivity index (χ1n) is 6.04. The number of methoxy groups -OCH3 is 6. The molecule has 0 aromatic rings. The van der Waals surface area contributed by atoms with Crippen molar-refractivity contribution >= 4 is 42.1 Å². The Morgan fingerprint density at radius 3 is 1.05 bits per heavy atom. The van der Waals surface area contributed by atoms with E-state index in [0.717, 1.165) is 20.5 Å². The van der Waals surface area contributed by atoms with E-state index in [0.29, 0.717) is 0 Å². The molecule has 10 heteroatoms. The lowest BCUT2D eigenvalue weighted by Crippen LogP contribution is -2.47. The molecule has 0 aromatic heterocycles. The van der Waals surface area contributed by atoms with Gasteiger partial charge in [0.05, 0.1) is 0 Å². The number of hydrogen-bond donors (Lipinski definition) is 0. The van der Waals surface area contributed by atoms with Gasteiger partial charge >= 0.3 is 0 Å². The first-order valence-corrected chi connectivity index (χ1v) is 10.5. The summed E-state index contributed by atoms with van der Waals surface area (Å²) in [4.78, 5) is 0. The minimum absolute atomic E-state index is 0.142. The Balaban J connectivity index is 5.06. The fourth-order valence-corrected chi connectivity index (χ4v) is 7.48. The van der Waals surface area contributed by atoms with Crippen LogP contribution >= 0.6 is 21.6 Å². The molecule has 0 saturated heterocycles. The summed E-state index contributed by atoms with van der Waals surface area (Å²) >= 11 is 0. The van der Waals surface area contributed by atoms with Crippen molar-refractivity contribution in [3.05, 3.63) is 0 Å². The second-order valence-electron chi connectivity index (χ2n) is 3.95. The molecule has 0 N–H and O–H groups in total. The molecule has 0 aliphatic carbocycles. The molecular formula is C10H26O6S2Si2. The summed E-state index contributed by atoms with van der Waals surface area (Å²) in [5.41, 5.74) is -0.284. The van der Waals surface area contributed by atoms with Gasteiger partial charge in [0.1, 0.15) is 11.5 Å². The molecule has 122 valence electrons. The van der Waals surface area contributed by atoms with E-state index in [9.17, 15) is 0 Å². The number of rotatable bonds is 11. The van der Waals surface area contributed by atoms with Crippen molar-refractivity contribution in [2.75, 3.05) is 42.7 Å². The van der Waals surface area contributed by atoms with Crippen molar-refractivity contribution in [1.82, 2.24) is 0 Å². The van der Waals surface area contributed by atoms with E-state index < -0.39 is 10.2 Å². The zero-order valence-corrected chi connectivity index (χ0v) is 19.1. The molecule has 0 aromatic carbocycles. The highest BCUT2D eigenvalue weighted by atomic mass is 33.1. The summed E-state index contributed by atoms with van der Waals surface area (Å²) in [5.74, 6) is 0. The average Bonchev–Trinajstić information content (AvgIpc) is 2.51. The second kappa shape index (κ2) is 9.82. The van der Waals surface area contributed by atoms with Crippen LogP contribution in [0.2, 0.25) is 0 Å². The molecule has 0 heterocycles. The molecule has 0 amide bonds. The van der Waals surface area contributed by atoms with Crippen LogP contribution in [0.25, 0.3) is 0 Å². The molecule has 0 radical (unpaired) electrons. The Kier molecular flexibility index (Phi) is 10.3. The van der Waals surface area contributed by atoms with Gasteiger partial charge in [-0.15, -0.1) is 0 Å². The molecule has 2 atom stereocenters. The largest absolute Gasteiger partial charge is 0.379 e. The molecule has 0 rings (SSSR count). The summed E-state index contributed by atoms with van der Waals surface area (Å²) in [6.07, 6.45) is 0. The highest BCUT2D eigenvalue weighted by molar-refractivity contribution is 8.77. The molecule has 0 fully saturated rings. The van der Waals surface area contributed by atoms with Gasteiger partial charge in [-0.2, -0.15) is 0 Å². The van der Waals surface area contributed by atoms with Gasteiger partial charge in [0.25, 0.3) is 10.2 Å². The molecule has 0 saturated carbocycles. The molecule has 6 nitrogen and oxygen atoms in total. The standard InChI is InChI=1S/C10H26O6S2Si2/c1-11-7(19)9(13-3,14-4)17-18-10(15-5,16-6)8(20)12-2/h7-8H,1-6,19-20H3. The van der Waals surface area contributed by atoms with Gasteiger partial charge in [-0.3, -0.25) is 0 Å². The van der Waals surface area contributed by atoms with Crippen LogP contribution in [0.4, 0.5) is 0 Å². The summed E-state index contributed by atoms with van der Waals surface area (Å²) < 4.78 is 32.9. The Hall–Kier alpha value is 0.894. The SMILES string of the molecule is COC([SiH3])C(OC)(OC)SSC(OC)(OC)C([SiH3])OC. The quantitative estimate of drug-likeness (QED) is 0.262. The fourth-order valence-electron chi connectivity index (χ4n) is 1.51. The highest BCUT2D eigenvalue weighted by Gasteiger charge is 2.45. The predicted octanol–water partition coefficient (Wildman–Crippen LogP) is -1.06. The number of ether oxygens (including phenoxy) is 6. The predicted molar refractivity (Wildman–Crippen MR) is 90.2 cm³/mol. The zero-order chi connectivity index (χ0) is 15.8. The smallest absolute Gasteiger partial charge is 0.250 e. The van der Waals surface area contributed by atoms with Crippen LogP contribution in [-0.2, 0) is 28.4 Å². The average molecular weight is 363 g/mol. The van der Waals surface area contributed by atoms with Crippen LogP contribution < -0.4 is 0 Å². The summed E-state index contributed by atoms with van der Waals surface area (Å²) in [6, 6.07) is 0. The van der Waals surface area contributed by atoms with E-state index in [1.54, 1.807) is 42.7 Å². The molecule has 0 bridgehead atoms. The van der Waals surface area contributed by atoms with E-state index in [1.165, 1.54) is 21.6 Å². The van der Waals surface area contributed by atoms with Crippen molar-refractivity contribution in [3.8, 4) is 0 Å². The maximum absolute atomic E-state index is 5.53. The van der Waals surface area contributed by atoms with Gasteiger partial charge in [-0.25, -0.2) is 0 Å². The van der Waals surface area contributed by atoms with Crippen molar-refractivity contribution in [1.29, 1.82) is 0 Å². The van der Waals surface area contributed by atoms with Gasteiger partial charge in [0.2, 0.25) is 0 Å².